The first-order valence-corrected chi connectivity index (χ1v) is 8.93. The van der Waals surface area contributed by atoms with Gasteiger partial charge in [-0.15, -0.1) is 0 Å². The first-order chi connectivity index (χ1) is 12.6. The van der Waals surface area contributed by atoms with Gasteiger partial charge < -0.3 is 14.3 Å². The van der Waals surface area contributed by atoms with Gasteiger partial charge in [-0.3, -0.25) is 9.59 Å². The minimum Gasteiger partial charge on any atom is -0.469 e. The van der Waals surface area contributed by atoms with Gasteiger partial charge in [-0.1, -0.05) is 18.5 Å². The van der Waals surface area contributed by atoms with Gasteiger partial charge in [-0.05, 0) is 36.8 Å². The van der Waals surface area contributed by atoms with Crippen molar-refractivity contribution in [3.63, 3.8) is 0 Å². The summed E-state index contributed by atoms with van der Waals surface area (Å²) < 4.78 is 5.27. The molecule has 1 N–H and O–H groups in total. The number of aromatic amines is 1. The predicted molar refractivity (Wildman–Crippen MR) is 100 cm³/mol. The van der Waals surface area contributed by atoms with Crippen molar-refractivity contribution in [2.45, 2.75) is 32.7 Å². The standard InChI is InChI=1S/C19H20ClN3O3/c1-2-9-23(18(24)8-6-14-4-3-10-26-14)12-17-21-16-11-13(20)5-7-15(16)19(25)22-17/h3-5,7,10-11H,2,6,8-9,12H2,1H3,(H,21,22,25). The van der Waals surface area contributed by atoms with Crippen molar-refractivity contribution < 1.29 is 9.21 Å². The average molecular weight is 374 g/mol. The van der Waals surface area contributed by atoms with Crippen LogP contribution in [0, 0.1) is 0 Å². The maximum atomic E-state index is 12.6. The number of hydrogen-bond donors (Lipinski definition) is 1. The fraction of sp³-hybridized carbons (Fsp3) is 0.316. The van der Waals surface area contributed by atoms with Crippen molar-refractivity contribution in [1.29, 1.82) is 0 Å². The fourth-order valence-corrected chi connectivity index (χ4v) is 2.99. The summed E-state index contributed by atoms with van der Waals surface area (Å²) in [7, 11) is 0. The van der Waals surface area contributed by atoms with Crippen LogP contribution < -0.4 is 5.56 Å². The average Bonchev–Trinajstić information content (AvgIpc) is 3.12. The van der Waals surface area contributed by atoms with Gasteiger partial charge in [0.2, 0.25) is 5.91 Å². The number of halogens is 1. The number of amides is 1. The summed E-state index contributed by atoms with van der Waals surface area (Å²) in [5.41, 5.74) is 0.289. The zero-order valence-corrected chi connectivity index (χ0v) is 15.3. The van der Waals surface area contributed by atoms with Crippen molar-refractivity contribution in [1.82, 2.24) is 14.9 Å². The molecule has 136 valence electrons. The van der Waals surface area contributed by atoms with Crippen molar-refractivity contribution in [2.75, 3.05) is 6.54 Å². The lowest BCUT2D eigenvalue weighted by Gasteiger charge is -2.21. The number of fused-ring (bicyclic) bond motifs is 1. The highest BCUT2D eigenvalue weighted by atomic mass is 35.5. The van der Waals surface area contributed by atoms with Gasteiger partial charge >= 0.3 is 0 Å². The number of nitrogens with zero attached hydrogens (tertiary/aromatic N) is 2. The highest BCUT2D eigenvalue weighted by Crippen LogP contribution is 2.15. The van der Waals surface area contributed by atoms with E-state index in [4.69, 9.17) is 16.0 Å². The van der Waals surface area contributed by atoms with Gasteiger partial charge in [-0.2, -0.15) is 0 Å². The minimum absolute atomic E-state index is 0.00269. The van der Waals surface area contributed by atoms with Crippen LogP contribution in [0.25, 0.3) is 10.9 Å². The van der Waals surface area contributed by atoms with E-state index in [9.17, 15) is 9.59 Å². The Hall–Kier alpha value is -2.60. The van der Waals surface area contributed by atoms with E-state index in [1.165, 1.54) is 0 Å². The van der Waals surface area contributed by atoms with Gasteiger partial charge in [0.25, 0.3) is 5.56 Å². The Balaban J connectivity index is 1.77. The number of nitrogens with one attached hydrogen (secondary N) is 1. The molecule has 0 aliphatic carbocycles. The van der Waals surface area contributed by atoms with Crippen molar-refractivity contribution in [3.05, 3.63) is 63.6 Å². The van der Waals surface area contributed by atoms with E-state index in [1.54, 1.807) is 35.4 Å². The van der Waals surface area contributed by atoms with E-state index >= 15 is 0 Å². The van der Waals surface area contributed by atoms with Crippen LogP contribution in [0.5, 0.6) is 0 Å². The van der Waals surface area contributed by atoms with Crippen LogP contribution >= 0.6 is 11.6 Å². The molecule has 0 saturated heterocycles. The summed E-state index contributed by atoms with van der Waals surface area (Å²) in [6.07, 6.45) is 3.30. The van der Waals surface area contributed by atoms with Crippen LogP contribution in [-0.4, -0.2) is 27.3 Å². The van der Waals surface area contributed by atoms with Crippen LogP contribution in [0.15, 0.2) is 45.8 Å². The predicted octanol–water partition coefficient (Wildman–Crippen LogP) is 3.54. The molecule has 3 rings (SSSR count). The number of H-pyrrole nitrogens is 1. The lowest BCUT2D eigenvalue weighted by molar-refractivity contribution is -0.132. The lowest BCUT2D eigenvalue weighted by atomic mass is 10.2. The van der Waals surface area contributed by atoms with E-state index in [1.807, 2.05) is 13.0 Å². The third-order valence-corrected chi connectivity index (χ3v) is 4.30. The van der Waals surface area contributed by atoms with Crippen LogP contribution in [0.4, 0.5) is 0 Å². The van der Waals surface area contributed by atoms with E-state index in [0.29, 0.717) is 41.1 Å². The molecule has 0 fully saturated rings. The first-order valence-electron chi connectivity index (χ1n) is 8.55. The van der Waals surface area contributed by atoms with E-state index in [2.05, 4.69) is 9.97 Å². The lowest BCUT2D eigenvalue weighted by Crippen LogP contribution is -2.33. The highest BCUT2D eigenvalue weighted by Gasteiger charge is 2.16. The Labute approximate surface area is 155 Å². The molecule has 2 aromatic heterocycles. The normalized spacial score (nSPS) is 11.0. The number of rotatable bonds is 7. The Morgan fingerprint density at radius 3 is 2.92 bits per heavy atom. The molecule has 0 unspecified atom stereocenters. The number of carbonyl (C=O) groups excluding carboxylic acids is 1. The second kappa shape index (κ2) is 8.19. The SMILES string of the molecule is CCCN(Cc1nc2cc(Cl)ccc2c(=O)[nH]1)C(=O)CCc1ccco1. The molecule has 0 atom stereocenters. The molecule has 6 nitrogen and oxygen atoms in total. The summed E-state index contributed by atoms with van der Waals surface area (Å²) in [4.78, 5) is 33.8. The molecule has 26 heavy (non-hydrogen) atoms. The number of hydrogen-bond acceptors (Lipinski definition) is 4. The van der Waals surface area contributed by atoms with Crippen LogP contribution in [0.1, 0.15) is 31.4 Å². The Morgan fingerprint density at radius 1 is 1.35 bits per heavy atom. The topological polar surface area (TPSA) is 79.2 Å². The quantitative estimate of drug-likeness (QED) is 0.687. The Morgan fingerprint density at radius 2 is 2.19 bits per heavy atom. The Bertz CT molecular complexity index is 950. The smallest absolute Gasteiger partial charge is 0.258 e. The molecule has 0 saturated carbocycles. The van der Waals surface area contributed by atoms with Crippen LogP contribution in [-0.2, 0) is 17.8 Å². The highest BCUT2D eigenvalue weighted by molar-refractivity contribution is 6.31. The van der Waals surface area contributed by atoms with Gasteiger partial charge in [0.15, 0.2) is 0 Å². The van der Waals surface area contributed by atoms with Gasteiger partial charge in [0.1, 0.15) is 11.6 Å². The van der Waals surface area contributed by atoms with E-state index < -0.39 is 0 Å². The number of carbonyl (C=O) groups is 1. The third-order valence-electron chi connectivity index (χ3n) is 4.07. The summed E-state index contributed by atoms with van der Waals surface area (Å²) >= 11 is 5.99. The van der Waals surface area contributed by atoms with Crippen molar-refractivity contribution >= 4 is 28.4 Å². The number of furan rings is 1. The number of aromatic nitrogens is 2. The Kier molecular flexibility index (Phi) is 5.73. The molecule has 1 aromatic carbocycles. The van der Waals surface area contributed by atoms with Crippen LogP contribution in [0.3, 0.4) is 0 Å². The zero-order chi connectivity index (χ0) is 18.5. The summed E-state index contributed by atoms with van der Waals surface area (Å²) in [5, 5.41) is 0.992. The fourth-order valence-electron chi connectivity index (χ4n) is 2.82. The maximum absolute atomic E-state index is 12.6. The molecular formula is C19H20ClN3O3. The molecule has 0 spiro atoms. The molecule has 0 bridgehead atoms. The maximum Gasteiger partial charge on any atom is 0.258 e. The number of aryl methyl sites for hydroxylation is 1. The molecular weight excluding hydrogens is 354 g/mol. The zero-order valence-electron chi connectivity index (χ0n) is 14.5. The molecule has 7 heteroatoms. The number of benzene rings is 1. The van der Waals surface area contributed by atoms with Crippen LogP contribution in [0.2, 0.25) is 5.02 Å². The molecule has 1 amide bonds. The minimum atomic E-state index is -0.235. The second-order valence-electron chi connectivity index (χ2n) is 6.07. The van der Waals surface area contributed by atoms with E-state index in [0.717, 1.165) is 12.2 Å². The summed E-state index contributed by atoms with van der Waals surface area (Å²) in [6, 6.07) is 8.61. The van der Waals surface area contributed by atoms with Gasteiger partial charge in [0, 0.05) is 24.4 Å². The van der Waals surface area contributed by atoms with Crippen molar-refractivity contribution in [3.8, 4) is 0 Å². The van der Waals surface area contributed by atoms with E-state index in [-0.39, 0.29) is 18.0 Å². The largest absolute Gasteiger partial charge is 0.469 e. The molecule has 2 heterocycles. The van der Waals surface area contributed by atoms with Gasteiger partial charge in [0.05, 0.1) is 23.7 Å². The second-order valence-corrected chi connectivity index (χ2v) is 6.51. The first kappa shape index (κ1) is 18.2. The molecule has 0 aliphatic heterocycles. The molecule has 3 aromatic rings. The van der Waals surface area contributed by atoms with Crippen molar-refractivity contribution in [2.24, 2.45) is 0 Å². The monoisotopic (exact) mass is 373 g/mol. The molecule has 0 aliphatic rings. The van der Waals surface area contributed by atoms with Gasteiger partial charge in [-0.25, -0.2) is 4.98 Å². The summed E-state index contributed by atoms with van der Waals surface area (Å²) in [6.45, 7) is 2.85. The molecule has 0 radical (unpaired) electrons. The summed E-state index contributed by atoms with van der Waals surface area (Å²) in [5.74, 6) is 1.23. The third kappa shape index (κ3) is 4.32.